The lowest BCUT2D eigenvalue weighted by Crippen LogP contribution is -2.27. The van der Waals surface area contributed by atoms with E-state index in [4.69, 9.17) is 4.42 Å². The standard InChI is InChI=1S/C17H24N4O2S/c1-13-18-19-17(21(13)14-7-4-3-5-8-14)24-12-16(22)20(2)11-15-9-6-10-23-15/h6,9-10,14H,3-5,7-8,11-12H2,1-2H3. The van der Waals surface area contributed by atoms with E-state index in [0.717, 1.165) is 16.7 Å². The van der Waals surface area contributed by atoms with Crippen molar-refractivity contribution >= 4 is 17.7 Å². The number of hydrogen-bond acceptors (Lipinski definition) is 5. The van der Waals surface area contributed by atoms with Crippen LogP contribution in [0.5, 0.6) is 0 Å². The maximum Gasteiger partial charge on any atom is 0.233 e. The number of furan rings is 1. The molecule has 2 heterocycles. The fourth-order valence-corrected chi connectivity index (χ4v) is 4.16. The summed E-state index contributed by atoms with van der Waals surface area (Å²) in [4.78, 5) is 14.0. The third-order valence-corrected chi connectivity index (χ3v) is 5.43. The topological polar surface area (TPSA) is 64.2 Å². The fourth-order valence-electron chi connectivity index (χ4n) is 3.17. The van der Waals surface area contributed by atoms with Gasteiger partial charge in [0.15, 0.2) is 5.16 Å². The van der Waals surface area contributed by atoms with Crippen LogP contribution in [0, 0.1) is 6.92 Å². The second-order valence-corrected chi connectivity index (χ2v) is 7.25. The number of aryl methyl sites for hydroxylation is 1. The van der Waals surface area contributed by atoms with Crippen LogP contribution in [0.25, 0.3) is 0 Å². The number of thioether (sulfide) groups is 1. The predicted octanol–water partition coefficient (Wildman–Crippen LogP) is 3.44. The number of carbonyl (C=O) groups is 1. The molecule has 0 unspecified atom stereocenters. The van der Waals surface area contributed by atoms with Gasteiger partial charge in [0.1, 0.15) is 11.6 Å². The van der Waals surface area contributed by atoms with E-state index in [2.05, 4.69) is 14.8 Å². The Kier molecular flexibility index (Phi) is 5.60. The van der Waals surface area contributed by atoms with Gasteiger partial charge < -0.3 is 13.9 Å². The van der Waals surface area contributed by atoms with Gasteiger partial charge in [-0.3, -0.25) is 4.79 Å². The van der Waals surface area contributed by atoms with Crippen LogP contribution in [0.4, 0.5) is 0 Å². The van der Waals surface area contributed by atoms with Crippen molar-refractivity contribution in [2.45, 2.75) is 56.8 Å². The van der Waals surface area contributed by atoms with Crippen molar-refractivity contribution in [1.82, 2.24) is 19.7 Å². The minimum absolute atomic E-state index is 0.0623. The Morgan fingerprint density at radius 3 is 2.88 bits per heavy atom. The quantitative estimate of drug-likeness (QED) is 0.748. The van der Waals surface area contributed by atoms with E-state index in [1.807, 2.05) is 19.1 Å². The molecule has 1 amide bonds. The van der Waals surface area contributed by atoms with Crippen LogP contribution in [0.2, 0.25) is 0 Å². The van der Waals surface area contributed by atoms with Gasteiger partial charge in [-0.2, -0.15) is 0 Å². The molecule has 2 aromatic rings. The minimum Gasteiger partial charge on any atom is -0.467 e. The lowest BCUT2D eigenvalue weighted by molar-refractivity contribution is -0.127. The van der Waals surface area contributed by atoms with Gasteiger partial charge in [0, 0.05) is 13.1 Å². The Labute approximate surface area is 146 Å². The van der Waals surface area contributed by atoms with Crippen molar-refractivity contribution in [2.24, 2.45) is 0 Å². The Balaban J connectivity index is 1.59. The number of carbonyl (C=O) groups excluding carboxylic acids is 1. The Morgan fingerprint density at radius 2 is 2.17 bits per heavy atom. The highest BCUT2D eigenvalue weighted by atomic mass is 32.2. The van der Waals surface area contributed by atoms with Crippen molar-refractivity contribution in [3.8, 4) is 0 Å². The van der Waals surface area contributed by atoms with E-state index < -0.39 is 0 Å². The fraction of sp³-hybridized carbons (Fsp3) is 0.588. The second-order valence-electron chi connectivity index (χ2n) is 6.31. The van der Waals surface area contributed by atoms with E-state index in [1.165, 1.54) is 43.9 Å². The number of nitrogens with zero attached hydrogens (tertiary/aromatic N) is 4. The molecule has 0 saturated heterocycles. The maximum absolute atomic E-state index is 12.3. The van der Waals surface area contributed by atoms with Crippen LogP contribution in [-0.2, 0) is 11.3 Å². The molecule has 1 aliphatic rings. The summed E-state index contributed by atoms with van der Waals surface area (Å²) < 4.78 is 7.52. The molecule has 130 valence electrons. The first-order valence-corrected chi connectivity index (χ1v) is 9.44. The largest absolute Gasteiger partial charge is 0.467 e. The summed E-state index contributed by atoms with van der Waals surface area (Å²) in [5.74, 6) is 2.16. The summed E-state index contributed by atoms with van der Waals surface area (Å²) in [5.41, 5.74) is 0. The van der Waals surface area contributed by atoms with Crippen LogP contribution in [-0.4, -0.2) is 38.4 Å². The van der Waals surface area contributed by atoms with Crippen LogP contribution in [0.15, 0.2) is 28.0 Å². The minimum atomic E-state index is 0.0623. The molecule has 24 heavy (non-hydrogen) atoms. The average Bonchev–Trinajstić information content (AvgIpc) is 3.23. The Bertz CT molecular complexity index is 662. The summed E-state index contributed by atoms with van der Waals surface area (Å²) in [6.07, 6.45) is 7.82. The zero-order chi connectivity index (χ0) is 16.9. The normalized spacial score (nSPS) is 15.6. The third-order valence-electron chi connectivity index (χ3n) is 4.50. The van der Waals surface area contributed by atoms with Gasteiger partial charge in [0.2, 0.25) is 5.91 Å². The molecule has 0 atom stereocenters. The molecule has 0 radical (unpaired) electrons. The first-order valence-electron chi connectivity index (χ1n) is 8.46. The molecular weight excluding hydrogens is 324 g/mol. The molecule has 0 bridgehead atoms. The van der Waals surface area contributed by atoms with Gasteiger partial charge in [0.05, 0.1) is 18.6 Å². The third kappa shape index (κ3) is 4.01. The molecule has 0 aromatic carbocycles. The van der Waals surface area contributed by atoms with Gasteiger partial charge in [-0.15, -0.1) is 10.2 Å². The summed E-state index contributed by atoms with van der Waals surface area (Å²) in [6.45, 7) is 2.48. The molecule has 2 aromatic heterocycles. The van der Waals surface area contributed by atoms with Gasteiger partial charge in [-0.25, -0.2) is 0 Å². The molecule has 0 spiro atoms. The van der Waals surface area contributed by atoms with E-state index in [-0.39, 0.29) is 5.91 Å². The van der Waals surface area contributed by atoms with E-state index in [0.29, 0.717) is 18.3 Å². The SMILES string of the molecule is Cc1nnc(SCC(=O)N(C)Cc2ccco2)n1C1CCCCC1. The summed E-state index contributed by atoms with van der Waals surface area (Å²) in [7, 11) is 1.79. The van der Waals surface area contributed by atoms with Crippen LogP contribution in [0.1, 0.15) is 49.7 Å². The zero-order valence-electron chi connectivity index (χ0n) is 14.3. The monoisotopic (exact) mass is 348 g/mol. The Hall–Kier alpha value is -1.76. The van der Waals surface area contributed by atoms with Crippen molar-refractivity contribution < 1.29 is 9.21 Å². The number of aromatic nitrogens is 3. The summed E-state index contributed by atoms with van der Waals surface area (Å²) >= 11 is 1.48. The number of amides is 1. The highest BCUT2D eigenvalue weighted by Crippen LogP contribution is 2.32. The first-order chi connectivity index (χ1) is 11.6. The van der Waals surface area contributed by atoms with E-state index in [9.17, 15) is 4.79 Å². The molecule has 1 fully saturated rings. The van der Waals surface area contributed by atoms with Crippen LogP contribution >= 0.6 is 11.8 Å². The van der Waals surface area contributed by atoms with E-state index >= 15 is 0 Å². The molecular formula is C17H24N4O2S. The molecule has 0 N–H and O–H groups in total. The van der Waals surface area contributed by atoms with Crippen molar-refractivity contribution in [2.75, 3.05) is 12.8 Å². The molecule has 0 aliphatic heterocycles. The molecule has 3 rings (SSSR count). The van der Waals surface area contributed by atoms with Gasteiger partial charge in [-0.1, -0.05) is 31.0 Å². The smallest absolute Gasteiger partial charge is 0.233 e. The molecule has 1 saturated carbocycles. The summed E-state index contributed by atoms with van der Waals surface area (Å²) in [5, 5.41) is 9.37. The van der Waals surface area contributed by atoms with E-state index in [1.54, 1.807) is 18.2 Å². The number of hydrogen-bond donors (Lipinski definition) is 0. The van der Waals surface area contributed by atoms with Crippen molar-refractivity contribution in [3.63, 3.8) is 0 Å². The Morgan fingerprint density at radius 1 is 1.38 bits per heavy atom. The van der Waals surface area contributed by atoms with Crippen LogP contribution in [0.3, 0.4) is 0 Å². The average molecular weight is 348 g/mol. The van der Waals surface area contributed by atoms with Crippen LogP contribution < -0.4 is 0 Å². The van der Waals surface area contributed by atoms with Gasteiger partial charge in [-0.05, 0) is 31.9 Å². The number of rotatable bonds is 6. The van der Waals surface area contributed by atoms with Crippen molar-refractivity contribution in [3.05, 3.63) is 30.0 Å². The van der Waals surface area contributed by atoms with Gasteiger partial charge >= 0.3 is 0 Å². The van der Waals surface area contributed by atoms with Crippen molar-refractivity contribution in [1.29, 1.82) is 0 Å². The highest BCUT2D eigenvalue weighted by molar-refractivity contribution is 7.99. The summed E-state index contributed by atoms with van der Waals surface area (Å²) in [6, 6.07) is 4.19. The molecule has 6 nitrogen and oxygen atoms in total. The molecule has 1 aliphatic carbocycles. The maximum atomic E-state index is 12.3. The lowest BCUT2D eigenvalue weighted by Gasteiger charge is -2.25. The zero-order valence-corrected chi connectivity index (χ0v) is 15.1. The predicted molar refractivity (Wildman–Crippen MR) is 92.8 cm³/mol. The molecule has 7 heteroatoms. The second kappa shape index (κ2) is 7.88. The first kappa shape index (κ1) is 17.1. The lowest BCUT2D eigenvalue weighted by atomic mass is 9.95. The van der Waals surface area contributed by atoms with Gasteiger partial charge in [0.25, 0.3) is 0 Å². The highest BCUT2D eigenvalue weighted by Gasteiger charge is 2.22.